The van der Waals surface area contributed by atoms with Gasteiger partial charge in [0.1, 0.15) is 35.4 Å². The van der Waals surface area contributed by atoms with E-state index in [2.05, 4.69) is 25.6 Å². The van der Waals surface area contributed by atoms with Crippen LogP contribution in [0, 0.1) is 23.3 Å². The standard InChI is InChI=1S/C41H31F4N7O4S2/c1-51(30-3-5-36-32(16-30)47-20-57-36)40(55)34(11-22-7-26(42)14-27(43)8-22)49-38(53)24-13-25(19-46-18-24)39(54)50-35(12-23-9-28(44)15-29(45)10-23)41(56)52(2)31-4-6-37-33(17-31)48-21-58-37/h3-10,13-21,34-35H,11-12H2,1-2H3,(H,49,53)(H,50,54)/t34-,35?/m0/s1. The van der Waals surface area contributed by atoms with E-state index >= 15 is 0 Å². The van der Waals surface area contributed by atoms with Crippen LogP contribution in [0.1, 0.15) is 31.8 Å². The van der Waals surface area contributed by atoms with Crippen molar-refractivity contribution in [3.05, 3.63) is 148 Å². The molecule has 0 fully saturated rings. The summed E-state index contributed by atoms with van der Waals surface area (Å²) in [6.07, 6.45) is 1.69. The first-order chi connectivity index (χ1) is 27.8. The predicted molar refractivity (Wildman–Crippen MR) is 213 cm³/mol. The van der Waals surface area contributed by atoms with Crippen LogP contribution in [0.4, 0.5) is 28.9 Å². The first kappa shape index (κ1) is 39.6. The number of carbonyl (C=O) groups excluding carboxylic acids is 4. The molecule has 0 aliphatic rings. The highest BCUT2D eigenvalue weighted by molar-refractivity contribution is 7.17. The number of benzene rings is 4. The Kier molecular flexibility index (Phi) is 11.5. The molecule has 0 bridgehead atoms. The second kappa shape index (κ2) is 16.9. The summed E-state index contributed by atoms with van der Waals surface area (Å²) in [4.78, 5) is 70.6. The lowest BCUT2D eigenvalue weighted by Gasteiger charge is -2.25. The topological polar surface area (TPSA) is 137 Å². The van der Waals surface area contributed by atoms with Gasteiger partial charge < -0.3 is 20.4 Å². The van der Waals surface area contributed by atoms with Crippen LogP contribution in [-0.2, 0) is 22.4 Å². The van der Waals surface area contributed by atoms with Crippen molar-refractivity contribution in [2.75, 3.05) is 23.9 Å². The Balaban J connectivity index is 1.13. The summed E-state index contributed by atoms with van der Waals surface area (Å²) >= 11 is 2.83. The zero-order valence-electron chi connectivity index (χ0n) is 30.6. The van der Waals surface area contributed by atoms with Gasteiger partial charge in [-0.1, -0.05) is 0 Å². The number of halogens is 4. The number of nitrogens with one attached hydrogen (secondary N) is 2. The van der Waals surface area contributed by atoms with Gasteiger partial charge in [0.2, 0.25) is 11.8 Å². The number of nitrogens with zero attached hydrogens (tertiary/aromatic N) is 5. The van der Waals surface area contributed by atoms with E-state index < -0.39 is 59.0 Å². The molecule has 0 saturated carbocycles. The van der Waals surface area contributed by atoms with Crippen molar-refractivity contribution >= 4 is 78.1 Å². The van der Waals surface area contributed by atoms with Gasteiger partial charge in [0.25, 0.3) is 11.8 Å². The number of carbonyl (C=O) groups is 4. The number of fused-ring (bicyclic) bond motifs is 2. The SMILES string of the molecule is CN(C(=O)C(Cc1cc(F)cc(F)c1)NC(=O)c1cncc(C(=O)N[C@@H](Cc2cc(F)cc(F)c2)C(=O)N(C)c2ccc3scnc3c2)c1)c1ccc2scnc2c1. The molecule has 0 aliphatic carbocycles. The highest BCUT2D eigenvalue weighted by Gasteiger charge is 2.29. The Morgan fingerprint density at radius 2 is 0.983 bits per heavy atom. The van der Waals surface area contributed by atoms with Gasteiger partial charge >= 0.3 is 0 Å². The molecule has 1 unspecified atom stereocenters. The zero-order chi connectivity index (χ0) is 41.1. The average Bonchev–Trinajstić information content (AvgIpc) is 3.88. The van der Waals surface area contributed by atoms with Crippen molar-refractivity contribution < 1.29 is 36.7 Å². The molecule has 2 N–H and O–H groups in total. The van der Waals surface area contributed by atoms with Crippen molar-refractivity contribution in [2.45, 2.75) is 24.9 Å². The molecular weight excluding hydrogens is 795 g/mol. The van der Waals surface area contributed by atoms with Gasteiger partial charge in [0.15, 0.2) is 0 Å². The lowest BCUT2D eigenvalue weighted by Crippen LogP contribution is -2.49. The second-order valence-electron chi connectivity index (χ2n) is 13.3. The van der Waals surface area contributed by atoms with E-state index in [1.165, 1.54) is 52.6 Å². The first-order valence-electron chi connectivity index (χ1n) is 17.5. The number of amides is 4. The Morgan fingerprint density at radius 3 is 1.38 bits per heavy atom. The average molecular weight is 826 g/mol. The van der Waals surface area contributed by atoms with Crippen LogP contribution in [0.25, 0.3) is 20.4 Å². The summed E-state index contributed by atoms with van der Waals surface area (Å²) in [6.45, 7) is 0. The second-order valence-corrected chi connectivity index (χ2v) is 15.1. The molecule has 0 spiro atoms. The molecule has 11 nitrogen and oxygen atoms in total. The lowest BCUT2D eigenvalue weighted by atomic mass is 10.0. The van der Waals surface area contributed by atoms with Crippen LogP contribution >= 0.6 is 22.7 Å². The number of likely N-dealkylation sites (N-methyl/N-ethyl adjacent to an activating group) is 2. The van der Waals surface area contributed by atoms with Crippen molar-refractivity contribution in [1.82, 2.24) is 25.6 Å². The van der Waals surface area contributed by atoms with Gasteiger partial charge in [-0.25, -0.2) is 27.5 Å². The van der Waals surface area contributed by atoms with Gasteiger partial charge in [-0.2, -0.15) is 0 Å². The number of hydrogen-bond donors (Lipinski definition) is 2. The Morgan fingerprint density at radius 1 is 0.586 bits per heavy atom. The molecule has 3 aromatic heterocycles. The van der Waals surface area contributed by atoms with Crippen LogP contribution in [0.2, 0.25) is 0 Å². The fourth-order valence-corrected chi connectivity index (χ4v) is 7.65. The molecule has 294 valence electrons. The third-order valence-corrected chi connectivity index (χ3v) is 10.9. The number of anilines is 2. The lowest BCUT2D eigenvalue weighted by molar-refractivity contribution is -0.120. The van der Waals surface area contributed by atoms with Gasteiger partial charge in [-0.3, -0.25) is 24.2 Å². The summed E-state index contributed by atoms with van der Waals surface area (Å²) in [6, 6.07) is 14.4. The molecule has 2 atom stereocenters. The van der Waals surface area contributed by atoms with E-state index in [0.29, 0.717) is 34.5 Å². The maximum atomic E-state index is 14.2. The van der Waals surface area contributed by atoms with Crippen molar-refractivity contribution in [3.8, 4) is 0 Å². The van der Waals surface area contributed by atoms with E-state index in [1.54, 1.807) is 47.4 Å². The van der Waals surface area contributed by atoms with E-state index in [0.717, 1.165) is 46.1 Å². The molecule has 0 saturated heterocycles. The fourth-order valence-electron chi connectivity index (χ4n) is 6.33. The predicted octanol–water partition coefficient (Wildman–Crippen LogP) is 6.87. The third-order valence-electron chi connectivity index (χ3n) is 9.26. The van der Waals surface area contributed by atoms with Crippen LogP contribution in [0.5, 0.6) is 0 Å². The quantitative estimate of drug-likeness (QED) is 0.129. The van der Waals surface area contributed by atoms with Gasteiger partial charge in [0, 0.05) is 62.8 Å². The Bertz CT molecular complexity index is 2490. The number of thiazole rings is 2. The molecule has 0 aliphatic heterocycles. The molecule has 0 radical (unpaired) electrons. The normalized spacial score (nSPS) is 12.2. The molecule has 7 aromatic rings. The minimum Gasteiger partial charge on any atom is -0.340 e. The molecule has 4 aromatic carbocycles. The molecular formula is C41H31F4N7O4S2. The molecule has 7 rings (SSSR count). The van der Waals surface area contributed by atoms with Crippen LogP contribution in [0.15, 0.2) is 102 Å². The summed E-state index contributed by atoms with van der Waals surface area (Å²) in [5, 5.41) is 5.24. The first-order valence-corrected chi connectivity index (χ1v) is 19.3. The highest BCUT2D eigenvalue weighted by atomic mass is 32.1. The largest absolute Gasteiger partial charge is 0.340 e. The number of rotatable bonds is 12. The summed E-state index contributed by atoms with van der Waals surface area (Å²) in [7, 11) is 2.97. The third kappa shape index (κ3) is 9.00. The summed E-state index contributed by atoms with van der Waals surface area (Å²) < 4.78 is 58.6. The van der Waals surface area contributed by atoms with E-state index in [4.69, 9.17) is 0 Å². The van der Waals surface area contributed by atoms with Crippen LogP contribution in [0.3, 0.4) is 0 Å². The van der Waals surface area contributed by atoms with E-state index in [9.17, 15) is 36.7 Å². The van der Waals surface area contributed by atoms with E-state index in [1.807, 2.05) is 0 Å². The maximum Gasteiger partial charge on any atom is 0.253 e. The Hall–Kier alpha value is -6.59. The number of pyridine rings is 1. The smallest absolute Gasteiger partial charge is 0.253 e. The van der Waals surface area contributed by atoms with Crippen LogP contribution < -0.4 is 20.4 Å². The molecule has 4 amide bonds. The minimum atomic E-state index is -1.35. The minimum absolute atomic E-state index is 0.0936. The molecule has 58 heavy (non-hydrogen) atoms. The molecule has 17 heteroatoms. The van der Waals surface area contributed by atoms with Gasteiger partial charge in [-0.15, -0.1) is 22.7 Å². The van der Waals surface area contributed by atoms with Crippen molar-refractivity contribution in [3.63, 3.8) is 0 Å². The van der Waals surface area contributed by atoms with Crippen molar-refractivity contribution in [2.24, 2.45) is 0 Å². The molecule has 3 heterocycles. The summed E-state index contributed by atoms with van der Waals surface area (Å²) in [5.74, 6) is -6.42. The summed E-state index contributed by atoms with van der Waals surface area (Å²) in [5.41, 5.74) is 5.38. The van der Waals surface area contributed by atoms with Crippen LogP contribution in [-0.4, -0.2) is 64.8 Å². The number of aromatic nitrogens is 3. The number of hydrogen-bond acceptors (Lipinski definition) is 9. The van der Waals surface area contributed by atoms with E-state index in [-0.39, 0.29) is 35.1 Å². The fraction of sp³-hybridized carbons (Fsp3) is 0.146. The van der Waals surface area contributed by atoms with Crippen molar-refractivity contribution in [1.29, 1.82) is 0 Å². The maximum absolute atomic E-state index is 14.2. The van der Waals surface area contributed by atoms with Gasteiger partial charge in [0.05, 0.1) is 42.6 Å². The highest BCUT2D eigenvalue weighted by Crippen LogP contribution is 2.26. The Labute approximate surface area is 336 Å². The van der Waals surface area contributed by atoms with Gasteiger partial charge in [-0.05, 0) is 77.9 Å². The zero-order valence-corrected chi connectivity index (χ0v) is 32.2. The monoisotopic (exact) mass is 825 g/mol.